The molecular weight excluding hydrogens is 274 g/mol. The summed E-state index contributed by atoms with van der Waals surface area (Å²) in [5, 5.41) is 14.7. The van der Waals surface area contributed by atoms with Crippen molar-refractivity contribution in [3.63, 3.8) is 0 Å². The van der Waals surface area contributed by atoms with E-state index in [-0.39, 0.29) is 12.5 Å². The van der Waals surface area contributed by atoms with E-state index < -0.39 is 17.7 Å². The van der Waals surface area contributed by atoms with Gasteiger partial charge >= 0.3 is 0 Å². The topological polar surface area (TPSA) is 127 Å². The highest BCUT2D eigenvalue weighted by Gasteiger charge is 2.29. The minimum Gasteiger partial charge on any atom is -0.325 e. The number of hydrogen-bond donors (Lipinski definition) is 3. The molecule has 0 aliphatic heterocycles. The molecule has 8 heteroatoms. The number of carbonyl (C=O) groups excluding carboxylic acids is 2. The predicted octanol–water partition coefficient (Wildman–Crippen LogP) is 2.21. The van der Waals surface area contributed by atoms with E-state index in [2.05, 4.69) is 15.3 Å². The third-order valence-corrected chi connectivity index (χ3v) is 2.88. The lowest BCUT2D eigenvalue weighted by molar-refractivity contribution is -0.140. The van der Waals surface area contributed by atoms with Crippen molar-refractivity contribution in [1.29, 1.82) is 0 Å². The Bertz CT molecular complexity index is 549. The number of carbonyl (C=O) groups is 2. The highest BCUT2D eigenvalue weighted by Crippen LogP contribution is 2.16. The number of amides is 2. The molecular formula is C13H17N5O3. The summed E-state index contributed by atoms with van der Waals surface area (Å²) in [7, 11) is 0. The van der Waals surface area contributed by atoms with Gasteiger partial charge in [0, 0.05) is 10.6 Å². The summed E-state index contributed by atoms with van der Waals surface area (Å²) in [4.78, 5) is 26.2. The Morgan fingerprint density at radius 2 is 1.90 bits per heavy atom. The van der Waals surface area contributed by atoms with Crippen LogP contribution < -0.4 is 10.8 Å². The highest BCUT2D eigenvalue weighted by atomic mass is 16.5. The number of hydrogen-bond acceptors (Lipinski definition) is 4. The Morgan fingerprint density at radius 1 is 1.29 bits per heavy atom. The molecule has 1 rings (SSSR count). The summed E-state index contributed by atoms with van der Waals surface area (Å²) in [5.74, 6) is -2.50. The number of benzene rings is 1. The minimum atomic E-state index is -0.988. The second kappa shape index (κ2) is 7.88. The molecule has 1 aromatic carbocycles. The van der Waals surface area contributed by atoms with Crippen molar-refractivity contribution < 1.29 is 14.8 Å². The van der Waals surface area contributed by atoms with Crippen LogP contribution in [0.15, 0.2) is 29.4 Å². The molecule has 0 saturated heterocycles. The van der Waals surface area contributed by atoms with Crippen molar-refractivity contribution in [3.05, 3.63) is 40.3 Å². The van der Waals surface area contributed by atoms with Crippen molar-refractivity contribution in [2.24, 2.45) is 17.0 Å². The number of nitrogens with zero attached hydrogens (tertiary/aromatic N) is 3. The second-order valence-electron chi connectivity index (χ2n) is 4.77. The van der Waals surface area contributed by atoms with Crippen LogP contribution >= 0.6 is 0 Å². The lowest BCUT2D eigenvalue weighted by atomic mass is 9.94. The molecule has 0 aliphatic rings. The van der Waals surface area contributed by atoms with E-state index in [1.54, 1.807) is 38.1 Å². The van der Waals surface area contributed by atoms with Gasteiger partial charge in [0.2, 0.25) is 5.91 Å². The van der Waals surface area contributed by atoms with Crippen LogP contribution in [-0.4, -0.2) is 17.0 Å². The molecule has 0 bridgehead atoms. The van der Waals surface area contributed by atoms with Crippen LogP contribution in [0.25, 0.3) is 10.4 Å². The summed E-state index contributed by atoms with van der Waals surface area (Å²) >= 11 is 0. The monoisotopic (exact) mass is 291 g/mol. The Kier molecular flexibility index (Phi) is 6.19. The quantitative estimate of drug-likeness (QED) is 0.186. The lowest BCUT2D eigenvalue weighted by Crippen LogP contribution is -2.39. The first-order chi connectivity index (χ1) is 9.99. The van der Waals surface area contributed by atoms with Gasteiger partial charge in [-0.2, -0.15) is 0 Å². The van der Waals surface area contributed by atoms with Crippen LogP contribution in [0.5, 0.6) is 0 Å². The average Bonchev–Trinajstić information content (AvgIpc) is 2.46. The fraction of sp³-hybridized carbons (Fsp3) is 0.385. The van der Waals surface area contributed by atoms with Crippen molar-refractivity contribution in [3.8, 4) is 0 Å². The van der Waals surface area contributed by atoms with Gasteiger partial charge in [-0.25, -0.2) is 5.48 Å². The predicted molar refractivity (Wildman–Crippen MR) is 76.2 cm³/mol. The molecule has 0 saturated carbocycles. The first-order valence-electron chi connectivity index (χ1n) is 6.34. The van der Waals surface area contributed by atoms with Gasteiger partial charge in [0.1, 0.15) is 5.92 Å². The average molecular weight is 291 g/mol. The zero-order valence-corrected chi connectivity index (χ0v) is 11.8. The van der Waals surface area contributed by atoms with Crippen LogP contribution in [0.4, 0.5) is 5.69 Å². The van der Waals surface area contributed by atoms with E-state index >= 15 is 0 Å². The van der Waals surface area contributed by atoms with E-state index in [9.17, 15) is 9.59 Å². The second-order valence-corrected chi connectivity index (χ2v) is 4.77. The summed E-state index contributed by atoms with van der Waals surface area (Å²) < 4.78 is 0. The highest BCUT2D eigenvalue weighted by molar-refractivity contribution is 6.06. The maximum atomic E-state index is 12.1. The number of azide groups is 1. The molecule has 112 valence electrons. The Labute approximate surface area is 121 Å². The third-order valence-electron chi connectivity index (χ3n) is 2.88. The molecule has 8 nitrogen and oxygen atoms in total. The van der Waals surface area contributed by atoms with Crippen LogP contribution in [-0.2, 0) is 16.1 Å². The SMILES string of the molecule is CC(C)C(C(=O)NO)C(=O)Nc1ccc(CN=[N+]=[N-])cc1. The van der Waals surface area contributed by atoms with Gasteiger partial charge in [-0.15, -0.1) is 0 Å². The minimum absolute atomic E-state index is 0.228. The maximum absolute atomic E-state index is 12.1. The largest absolute Gasteiger partial charge is 0.325 e. The van der Waals surface area contributed by atoms with E-state index in [4.69, 9.17) is 10.7 Å². The van der Waals surface area contributed by atoms with Crippen molar-refractivity contribution in [2.45, 2.75) is 20.4 Å². The first-order valence-corrected chi connectivity index (χ1v) is 6.34. The van der Waals surface area contributed by atoms with E-state index in [0.717, 1.165) is 5.56 Å². The van der Waals surface area contributed by atoms with Gasteiger partial charge in [-0.3, -0.25) is 14.8 Å². The smallest absolute Gasteiger partial charge is 0.256 e. The molecule has 0 radical (unpaired) electrons. The van der Waals surface area contributed by atoms with Gasteiger partial charge in [-0.1, -0.05) is 31.1 Å². The molecule has 1 aromatic rings. The fourth-order valence-electron chi connectivity index (χ4n) is 1.82. The molecule has 0 spiro atoms. The molecule has 3 N–H and O–H groups in total. The van der Waals surface area contributed by atoms with E-state index in [1.807, 2.05) is 0 Å². The zero-order chi connectivity index (χ0) is 15.8. The molecule has 0 fully saturated rings. The van der Waals surface area contributed by atoms with Gasteiger partial charge in [0.25, 0.3) is 5.91 Å². The first kappa shape index (κ1) is 16.5. The van der Waals surface area contributed by atoms with Crippen LogP contribution in [0.1, 0.15) is 19.4 Å². The summed E-state index contributed by atoms with van der Waals surface area (Å²) in [6.07, 6.45) is 0. The van der Waals surface area contributed by atoms with E-state index in [1.165, 1.54) is 5.48 Å². The van der Waals surface area contributed by atoms with Gasteiger partial charge in [-0.05, 0) is 29.1 Å². The number of anilines is 1. The van der Waals surface area contributed by atoms with Gasteiger partial charge < -0.3 is 5.32 Å². The summed E-state index contributed by atoms with van der Waals surface area (Å²) in [6, 6.07) is 6.71. The number of rotatable bonds is 6. The molecule has 1 atom stereocenters. The molecule has 0 heterocycles. The Balaban J connectivity index is 2.77. The number of nitrogens with one attached hydrogen (secondary N) is 2. The standard InChI is InChI=1S/C13H17N5O3/c1-8(2)11(13(20)17-21)12(19)16-10-5-3-9(4-6-10)7-15-18-14/h3-6,8,11,21H,7H2,1-2H3,(H,16,19)(H,17,20). The van der Waals surface area contributed by atoms with Gasteiger partial charge in [0.05, 0.1) is 6.54 Å². The molecule has 21 heavy (non-hydrogen) atoms. The Hall–Kier alpha value is -2.57. The zero-order valence-electron chi connectivity index (χ0n) is 11.8. The molecule has 0 aliphatic carbocycles. The van der Waals surface area contributed by atoms with E-state index in [0.29, 0.717) is 5.69 Å². The number of hydroxylamine groups is 1. The third kappa shape index (κ3) is 4.79. The summed E-state index contributed by atoms with van der Waals surface area (Å²) in [5.41, 5.74) is 11.1. The molecule has 0 aromatic heterocycles. The van der Waals surface area contributed by atoms with Crippen molar-refractivity contribution in [2.75, 3.05) is 5.32 Å². The summed E-state index contributed by atoms with van der Waals surface area (Å²) in [6.45, 7) is 3.65. The van der Waals surface area contributed by atoms with Crippen molar-refractivity contribution >= 4 is 17.5 Å². The van der Waals surface area contributed by atoms with Crippen molar-refractivity contribution in [1.82, 2.24) is 5.48 Å². The molecule has 2 amide bonds. The fourth-order valence-corrected chi connectivity index (χ4v) is 1.82. The normalized spacial score (nSPS) is 11.4. The van der Waals surface area contributed by atoms with Gasteiger partial charge in [0.15, 0.2) is 0 Å². The lowest BCUT2D eigenvalue weighted by Gasteiger charge is -2.18. The Morgan fingerprint density at radius 3 is 2.38 bits per heavy atom. The van der Waals surface area contributed by atoms with Crippen LogP contribution in [0.3, 0.4) is 0 Å². The van der Waals surface area contributed by atoms with Crippen LogP contribution in [0.2, 0.25) is 0 Å². The van der Waals surface area contributed by atoms with Crippen LogP contribution in [0, 0.1) is 11.8 Å². The molecule has 1 unspecified atom stereocenters. The maximum Gasteiger partial charge on any atom is 0.256 e.